The van der Waals surface area contributed by atoms with Crippen LogP contribution in [0.15, 0.2) is 47.4 Å². The van der Waals surface area contributed by atoms with E-state index in [1.807, 2.05) is 36.4 Å². The molecule has 1 fully saturated rings. The number of hydrogen-bond acceptors (Lipinski definition) is 3. The zero-order valence-corrected chi connectivity index (χ0v) is 16.0. The number of benzene rings is 2. The molecule has 0 aromatic heterocycles. The van der Waals surface area contributed by atoms with E-state index in [2.05, 4.69) is 0 Å². The van der Waals surface area contributed by atoms with Crippen LogP contribution in [0.2, 0.25) is 0 Å². The van der Waals surface area contributed by atoms with Crippen molar-refractivity contribution in [2.75, 3.05) is 7.11 Å². The minimum absolute atomic E-state index is 0.123. The standard InChI is InChI=1S/C21H25NO3S/c1-25-20-11-6-16(7-12-20)15-22(19-9-10-19)26(23,24)21-13-8-17-4-2-3-5-18(17)14-21/h6-8,11-14,19H,2-5,9-10,15H2,1H3. The summed E-state index contributed by atoms with van der Waals surface area (Å²) in [5.74, 6) is 0.782. The number of methoxy groups -OCH3 is 1. The van der Waals surface area contributed by atoms with Crippen LogP contribution in [-0.2, 0) is 29.4 Å². The van der Waals surface area contributed by atoms with Gasteiger partial charge < -0.3 is 4.74 Å². The molecule has 0 radical (unpaired) electrons. The van der Waals surface area contributed by atoms with E-state index in [-0.39, 0.29) is 6.04 Å². The van der Waals surface area contributed by atoms with Gasteiger partial charge in [0.2, 0.25) is 10.0 Å². The largest absolute Gasteiger partial charge is 0.497 e. The first-order chi connectivity index (χ1) is 12.6. The number of ether oxygens (including phenoxy) is 1. The van der Waals surface area contributed by atoms with Gasteiger partial charge in [-0.05, 0) is 79.5 Å². The molecule has 4 nitrogen and oxygen atoms in total. The molecule has 4 rings (SSSR count). The smallest absolute Gasteiger partial charge is 0.243 e. The predicted octanol–water partition coefficient (Wildman–Crippen LogP) is 3.93. The van der Waals surface area contributed by atoms with Crippen molar-refractivity contribution in [1.82, 2.24) is 4.31 Å². The first kappa shape index (κ1) is 17.6. The van der Waals surface area contributed by atoms with E-state index in [4.69, 9.17) is 4.74 Å². The second-order valence-corrected chi connectivity index (χ2v) is 9.16. The van der Waals surface area contributed by atoms with Crippen molar-refractivity contribution >= 4 is 10.0 Å². The van der Waals surface area contributed by atoms with Crippen molar-refractivity contribution < 1.29 is 13.2 Å². The number of rotatable bonds is 6. The Labute approximate surface area is 155 Å². The molecule has 2 aliphatic carbocycles. The fraction of sp³-hybridized carbons (Fsp3) is 0.429. The van der Waals surface area contributed by atoms with Crippen LogP contribution in [0.25, 0.3) is 0 Å². The van der Waals surface area contributed by atoms with Gasteiger partial charge in [-0.15, -0.1) is 0 Å². The summed E-state index contributed by atoms with van der Waals surface area (Å²) in [5.41, 5.74) is 3.50. The monoisotopic (exact) mass is 371 g/mol. The third kappa shape index (κ3) is 3.51. The molecule has 2 aliphatic rings. The Balaban J connectivity index is 1.62. The molecule has 0 saturated heterocycles. The van der Waals surface area contributed by atoms with E-state index in [0.717, 1.165) is 43.4 Å². The number of fused-ring (bicyclic) bond motifs is 1. The van der Waals surface area contributed by atoms with E-state index in [9.17, 15) is 8.42 Å². The van der Waals surface area contributed by atoms with Crippen molar-refractivity contribution in [2.45, 2.75) is 56.0 Å². The van der Waals surface area contributed by atoms with Crippen molar-refractivity contribution in [3.8, 4) is 5.75 Å². The Hall–Kier alpha value is -1.85. The van der Waals surface area contributed by atoms with E-state index in [1.165, 1.54) is 17.5 Å². The first-order valence-corrected chi connectivity index (χ1v) is 10.8. The maximum atomic E-state index is 13.3. The summed E-state index contributed by atoms with van der Waals surface area (Å²) in [7, 11) is -1.85. The molecule has 0 bridgehead atoms. The quantitative estimate of drug-likeness (QED) is 0.773. The SMILES string of the molecule is COc1ccc(CN(C2CC2)S(=O)(=O)c2ccc3c(c2)CCCC3)cc1. The van der Waals surface area contributed by atoms with Gasteiger partial charge in [0, 0.05) is 12.6 Å². The van der Waals surface area contributed by atoms with Crippen molar-refractivity contribution in [2.24, 2.45) is 0 Å². The molecule has 0 heterocycles. The first-order valence-electron chi connectivity index (χ1n) is 9.34. The molecule has 0 N–H and O–H groups in total. The summed E-state index contributed by atoms with van der Waals surface area (Å²) in [6.07, 6.45) is 6.29. The second kappa shape index (κ2) is 7.05. The van der Waals surface area contributed by atoms with Gasteiger partial charge in [-0.1, -0.05) is 18.2 Å². The van der Waals surface area contributed by atoms with Gasteiger partial charge in [-0.25, -0.2) is 8.42 Å². The average Bonchev–Trinajstić information content (AvgIpc) is 3.51. The highest BCUT2D eigenvalue weighted by molar-refractivity contribution is 7.89. The van der Waals surface area contributed by atoms with Gasteiger partial charge >= 0.3 is 0 Å². The fourth-order valence-electron chi connectivity index (χ4n) is 3.69. The average molecular weight is 372 g/mol. The van der Waals surface area contributed by atoms with Crippen LogP contribution in [0, 0.1) is 0 Å². The molecule has 0 aliphatic heterocycles. The van der Waals surface area contributed by atoms with Gasteiger partial charge in [0.1, 0.15) is 5.75 Å². The number of aryl methyl sites for hydroxylation is 2. The topological polar surface area (TPSA) is 46.6 Å². The van der Waals surface area contributed by atoms with Crippen LogP contribution in [0.3, 0.4) is 0 Å². The zero-order chi connectivity index (χ0) is 18.1. The van der Waals surface area contributed by atoms with Crippen LogP contribution in [-0.4, -0.2) is 25.9 Å². The highest BCUT2D eigenvalue weighted by Crippen LogP contribution is 2.35. The fourth-order valence-corrected chi connectivity index (χ4v) is 5.41. The third-order valence-electron chi connectivity index (χ3n) is 5.38. The van der Waals surface area contributed by atoms with E-state index < -0.39 is 10.0 Å². The molecular weight excluding hydrogens is 346 g/mol. The highest BCUT2D eigenvalue weighted by atomic mass is 32.2. The second-order valence-electron chi connectivity index (χ2n) is 7.27. The van der Waals surface area contributed by atoms with Gasteiger partial charge in [0.05, 0.1) is 12.0 Å². The van der Waals surface area contributed by atoms with Gasteiger partial charge in [-0.2, -0.15) is 4.31 Å². The summed E-state index contributed by atoms with van der Waals surface area (Å²) >= 11 is 0. The normalized spacial score (nSPS) is 17.2. The van der Waals surface area contributed by atoms with E-state index in [0.29, 0.717) is 11.4 Å². The highest BCUT2D eigenvalue weighted by Gasteiger charge is 2.38. The molecule has 0 atom stereocenters. The Morgan fingerprint density at radius 3 is 2.35 bits per heavy atom. The molecule has 0 amide bonds. The maximum Gasteiger partial charge on any atom is 0.243 e. The lowest BCUT2D eigenvalue weighted by Crippen LogP contribution is -2.32. The molecule has 1 saturated carbocycles. The third-order valence-corrected chi connectivity index (χ3v) is 7.27. The lowest BCUT2D eigenvalue weighted by molar-refractivity contribution is 0.397. The van der Waals surface area contributed by atoms with Gasteiger partial charge in [0.15, 0.2) is 0 Å². The minimum atomic E-state index is -3.48. The lowest BCUT2D eigenvalue weighted by atomic mass is 9.92. The summed E-state index contributed by atoms with van der Waals surface area (Å²) < 4.78 is 33.5. The maximum absolute atomic E-state index is 13.3. The number of hydrogen-bond donors (Lipinski definition) is 0. The van der Waals surface area contributed by atoms with Crippen molar-refractivity contribution in [3.05, 3.63) is 59.2 Å². The molecule has 26 heavy (non-hydrogen) atoms. The summed E-state index contributed by atoms with van der Waals surface area (Å²) in [6, 6.07) is 13.5. The van der Waals surface area contributed by atoms with Crippen LogP contribution in [0.5, 0.6) is 5.75 Å². The zero-order valence-electron chi connectivity index (χ0n) is 15.1. The van der Waals surface area contributed by atoms with E-state index >= 15 is 0 Å². The van der Waals surface area contributed by atoms with Crippen LogP contribution in [0.1, 0.15) is 42.4 Å². The number of sulfonamides is 1. The Bertz CT molecular complexity index is 886. The van der Waals surface area contributed by atoms with Crippen molar-refractivity contribution in [1.29, 1.82) is 0 Å². The van der Waals surface area contributed by atoms with E-state index in [1.54, 1.807) is 17.5 Å². The molecule has 0 unspecified atom stereocenters. The molecule has 2 aromatic carbocycles. The Morgan fingerprint density at radius 1 is 1.00 bits per heavy atom. The van der Waals surface area contributed by atoms with Crippen LogP contribution >= 0.6 is 0 Å². The van der Waals surface area contributed by atoms with Crippen LogP contribution < -0.4 is 4.74 Å². The molecule has 2 aromatic rings. The minimum Gasteiger partial charge on any atom is -0.497 e. The van der Waals surface area contributed by atoms with Gasteiger partial charge in [0.25, 0.3) is 0 Å². The van der Waals surface area contributed by atoms with Crippen molar-refractivity contribution in [3.63, 3.8) is 0 Å². The Morgan fingerprint density at radius 2 is 1.69 bits per heavy atom. The molecule has 0 spiro atoms. The predicted molar refractivity (Wildman–Crippen MR) is 102 cm³/mol. The summed E-state index contributed by atoms with van der Waals surface area (Å²) in [5, 5.41) is 0. The Kier molecular flexibility index (Phi) is 4.76. The molecule has 138 valence electrons. The number of nitrogens with zero attached hydrogens (tertiary/aromatic N) is 1. The lowest BCUT2D eigenvalue weighted by Gasteiger charge is -2.24. The van der Waals surface area contributed by atoms with Crippen LogP contribution in [0.4, 0.5) is 0 Å². The molecule has 5 heteroatoms. The summed E-state index contributed by atoms with van der Waals surface area (Å²) in [4.78, 5) is 0.443. The van der Waals surface area contributed by atoms with Gasteiger partial charge in [-0.3, -0.25) is 0 Å². The summed E-state index contributed by atoms with van der Waals surface area (Å²) in [6.45, 7) is 0.411. The molecular formula is C21H25NO3S.